The number of alkyl halides is 6. The first-order valence-corrected chi connectivity index (χ1v) is 43.6. The van der Waals surface area contributed by atoms with Crippen LogP contribution in [0.3, 0.4) is 0 Å². The van der Waals surface area contributed by atoms with Crippen LogP contribution in [-0.4, -0.2) is 239 Å². The summed E-state index contributed by atoms with van der Waals surface area (Å²) in [5.74, 6) is -19.2. The molecule has 0 spiro atoms. The zero-order valence-electron chi connectivity index (χ0n) is 70.4. The number of fused-ring (bicyclic) bond motifs is 7. The summed E-state index contributed by atoms with van der Waals surface area (Å²) in [7, 11) is 0. The van der Waals surface area contributed by atoms with Gasteiger partial charge >= 0.3 is 17.8 Å². The van der Waals surface area contributed by atoms with Gasteiger partial charge in [-0.1, -0.05) is 72.8 Å². The van der Waals surface area contributed by atoms with Crippen LogP contribution in [0.2, 0.25) is 0 Å². The maximum atomic E-state index is 15.3. The third-order valence-electron chi connectivity index (χ3n) is 25.6. The van der Waals surface area contributed by atoms with Gasteiger partial charge in [0.1, 0.15) is 94.4 Å². The Bertz CT molecular complexity index is 4490. The van der Waals surface area contributed by atoms with E-state index in [1.165, 1.54) is 30.3 Å². The second-order valence-electron chi connectivity index (χ2n) is 34.3. The third kappa shape index (κ3) is 21.9. The summed E-state index contributed by atoms with van der Waals surface area (Å²) in [6, 6.07) is 27.7. The number of ether oxygens (including phenoxy) is 8. The summed E-state index contributed by atoms with van der Waals surface area (Å²) in [6.07, 6.45) is 2.85. The van der Waals surface area contributed by atoms with Gasteiger partial charge in [0.2, 0.25) is 0 Å². The maximum Gasteiger partial charge on any atom is 0.327 e. The molecule has 7 aromatic rings. The number of hydrogen-bond donors (Lipinski definition) is 8. The van der Waals surface area contributed by atoms with E-state index >= 15 is 26.3 Å². The zero-order valence-corrected chi connectivity index (χ0v) is 70.4. The number of carbonyl (C=O) groups excluding carboxylic acids is 3. The van der Waals surface area contributed by atoms with Gasteiger partial charge in [-0.3, -0.25) is 14.4 Å². The minimum absolute atomic E-state index is 0. The Balaban J connectivity index is 0.000000139. The molecule has 7 aromatic carbocycles. The fourth-order valence-corrected chi connectivity index (χ4v) is 18.7. The molecule has 0 saturated carbocycles. The number of aliphatic hydroxyl groups excluding tert-OH is 4. The summed E-state index contributed by atoms with van der Waals surface area (Å²) in [4.78, 5) is 46.9. The van der Waals surface area contributed by atoms with E-state index in [0.29, 0.717) is 31.3 Å². The fourth-order valence-electron chi connectivity index (χ4n) is 18.7. The van der Waals surface area contributed by atoms with Crippen LogP contribution in [0, 0.1) is 41.0 Å². The number of nitrogens with zero attached hydrogens (tertiary/aromatic N) is 4. The minimum atomic E-state index is -3.65. The monoisotopic (exact) mass is 1780 g/mol. The van der Waals surface area contributed by atoms with Gasteiger partial charge in [-0.2, -0.15) is 26.3 Å². The Morgan fingerprint density at radius 1 is 0.331 bits per heavy atom. The van der Waals surface area contributed by atoms with Gasteiger partial charge in [0.05, 0.1) is 24.2 Å². The van der Waals surface area contributed by atoms with Crippen molar-refractivity contribution in [3.8, 4) is 46.0 Å². The molecule has 9 N–H and O–H groups in total. The Labute approximate surface area is 732 Å². The standard InChI is InChI=1S/3C26H29F3N2O4.C15H21FN2O3.B/c3*27-20-14-23-22(34-9-10-35-23)13-19(20)24(32)21(15-31-7-3-4-8-31)30-25(33)26(28,29)18-11-16-5-1-2-6-17(16)12-18;16-11-8-14-13(20-5-6-21-14)7-10(11)15(19)12(17)9-18-3-1-2-4-18;/h3*1-2,5-6,13-14,18,21,24,32H,3-4,7-12,15H2,(H,30,33);7-8,12,15,19H,1-6,9,17H2;/t21-,24?;21-,24+;21-,24-;12-,15?;/m1111./s1. The molecule has 683 valence electrons. The van der Waals surface area contributed by atoms with Gasteiger partial charge in [0.15, 0.2) is 46.0 Å². The van der Waals surface area contributed by atoms with E-state index in [9.17, 15) is 52.4 Å². The number of nitrogens with one attached hydrogen (secondary N) is 3. The molecule has 127 heavy (non-hydrogen) atoms. The van der Waals surface area contributed by atoms with Gasteiger partial charge < -0.3 is 99.6 Å². The Kier molecular flexibility index (Phi) is 30.5. The highest BCUT2D eigenvalue weighted by atomic mass is 19.3. The number of rotatable bonds is 25. The van der Waals surface area contributed by atoms with E-state index in [0.717, 1.165) is 155 Å². The number of nitrogens with two attached hydrogens (primary N) is 1. The lowest BCUT2D eigenvalue weighted by Gasteiger charge is -2.31. The molecule has 23 nitrogen and oxygen atoms in total. The summed E-state index contributed by atoms with van der Waals surface area (Å²) in [5, 5.41) is 50.8. The second kappa shape index (κ2) is 41.4. The van der Waals surface area contributed by atoms with Crippen molar-refractivity contribution < 1.29 is 117 Å². The normalized spacial score (nSPS) is 20.0. The highest BCUT2D eigenvalue weighted by molar-refractivity contribution is 5.86. The number of hydrogen-bond acceptors (Lipinski definition) is 20. The van der Waals surface area contributed by atoms with Crippen LogP contribution in [0.5, 0.6) is 46.0 Å². The van der Waals surface area contributed by atoms with Gasteiger partial charge in [-0.05, 0) is 200 Å². The lowest BCUT2D eigenvalue weighted by Crippen LogP contribution is -2.54. The highest BCUT2D eigenvalue weighted by Gasteiger charge is 2.54. The van der Waals surface area contributed by atoms with E-state index in [1.54, 1.807) is 72.8 Å². The molecule has 8 heterocycles. The molecule has 11 aliphatic rings. The van der Waals surface area contributed by atoms with Gasteiger partial charge in [0.25, 0.3) is 17.7 Å². The van der Waals surface area contributed by atoms with E-state index in [-0.39, 0.29) is 163 Å². The minimum Gasteiger partial charge on any atom is -0.486 e. The molecule has 4 saturated heterocycles. The molecule has 0 aromatic heterocycles. The number of benzene rings is 7. The van der Waals surface area contributed by atoms with Crippen molar-refractivity contribution in [2.75, 3.05) is 131 Å². The maximum absolute atomic E-state index is 15.3. The lowest BCUT2D eigenvalue weighted by atomic mass is 9.95. The molecule has 0 bridgehead atoms. The Morgan fingerprint density at radius 2 is 0.520 bits per heavy atom. The summed E-state index contributed by atoms with van der Waals surface area (Å²) in [5.41, 5.74) is 10.7. The molecule has 2 unspecified atom stereocenters. The quantitative estimate of drug-likeness (QED) is 0.0195. The van der Waals surface area contributed by atoms with E-state index < -0.39 is 125 Å². The van der Waals surface area contributed by atoms with Crippen LogP contribution in [-0.2, 0) is 52.9 Å². The fraction of sp³-hybridized carbons (Fsp3) is 0.516. The number of carbonyl (C=O) groups is 3. The Morgan fingerprint density at radius 3 is 0.732 bits per heavy atom. The Hall–Kier alpha value is -9.65. The van der Waals surface area contributed by atoms with E-state index in [2.05, 4.69) is 20.9 Å². The van der Waals surface area contributed by atoms with Crippen LogP contribution in [0.1, 0.15) is 131 Å². The molecule has 3 aliphatic carbocycles. The molecule has 3 radical (unpaired) electrons. The number of aliphatic hydroxyl groups is 4. The number of amides is 3. The van der Waals surface area contributed by atoms with Crippen LogP contribution >= 0.6 is 0 Å². The van der Waals surface area contributed by atoms with Crippen molar-refractivity contribution in [3.05, 3.63) is 200 Å². The number of halogens is 10. The van der Waals surface area contributed by atoms with Crippen molar-refractivity contribution in [3.63, 3.8) is 0 Å². The smallest absolute Gasteiger partial charge is 0.327 e. The molecule has 8 aliphatic heterocycles. The SMILES string of the molecule is N[C@H](CN1CCCC1)C(O)c1cc2c(cc1F)OCCO2.O=C(N[C@H](CN1CCCC1)C(O)c1cc2c(cc1F)OCCO2)C(F)(F)C1Cc2ccccc2C1.O=C(N[C@H](CN1CCCC1)[C@@H](O)c1cc2c(cc1F)OCCO2)C(F)(F)C1Cc2ccccc2C1.O=C(N[C@H](CN1CCCC1)[C@H](O)c1cc2c(cc1F)OCCO2)C(F)(F)C1Cc2ccccc2C1.[B]. The van der Waals surface area contributed by atoms with Crippen LogP contribution < -0.4 is 59.6 Å². The van der Waals surface area contributed by atoms with Gasteiger partial charge in [0, 0.05) is 105 Å². The summed E-state index contributed by atoms with van der Waals surface area (Å²) < 4.78 is 194. The number of likely N-dealkylation sites (tertiary alicyclic amines) is 4. The van der Waals surface area contributed by atoms with Crippen LogP contribution in [0.4, 0.5) is 43.9 Å². The first-order valence-electron chi connectivity index (χ1n) is 43.6. The first kappa shape index (κ1) is 93.5. The average molecular weight is 1780 g/mol. The van der Waals surface area contributed by atoms with E-state index in [1.807, 2.05) is 14.7 Å². The second-order valence-corrected chi connectivity index (χ2v) is 34.3. The van der Waals surface area contributed by atoms with Crippen LogP contribution in [0.25, 0.3) is 0 Å². The molecule has 3 amide bonds. The lowest BCUT2D eigenvalue weighted by molar-refractivity contribution is -0.155. The van der Waals surface area contributed by atoms with Gasteiger partial charge in [-0.25, -0.2) is 17.6 Å². The van der Waals surface area contributed by atoms with Crippen molar-refractivity contribution in [2.45, 2.75) is 156 Å². The van der Waals surface area contributed by atoms with Crippen molar-refractivity contribution in [2.24, 2.45) is 23.5 Å². The molecular weight excluding hydrogens is 1670 g/mol. The summed E-state index contributed by atoms with van der Waals surface area (Å²) in [6.45, 7) is 9.74. The molecule has 8 atom stereocenters. The van der Waals surface area contributed by atoms with Crippen molar-refractivity contribution in [1.82, 2.24) is 35.6 Å². The zero-order chi connectivity index (χ0) is 88.6. The molecule has 18 rings (SSSR count). The van der Waals surface area contributed by atoms with Gasteiger partial charge in [-0.15, -0.1) is 0 Å². The molecular formula is C93H108BF10N8O15. The average Bonchev–Trinajstić information content (AvgIpc) is 1.09. The topological polar surface area (TPSA) is 281 Å². The predicted molar refractivity (Wildman–Crippen MR) is 448 cm³/mol. The highest BCUT2D eigenvalue weighted by Crippen LogP contribution is 2.45. The predicted octanol–water partition coefficient (Wildman–Crippen LogP) is 10.5. The van der Waals surface area contributed by atoms with E-state index in [4.69, 9.17) is 43.6 Å². The van der Waals surface area contributed by atoms with Crippen molar-refractivity contribution >= 4 is 26.1 Å². The molecule has 4 fully saturated rings. The summed E-state index contributed by atoms with van der Waals surface area (Å²) >= 11 is 0. The largest absolute Gasteiger partial charge is 0.486 e. The van der Waals surface area contributed by atoms with Crippen LogP contribution in [0.15, 0.2) is 121 Å². The molecule has 34 heteroatoms. The van der Waals surface area contributed by atoms with Crippen molar-refractivity contribution in [1.29, 1.82) is 0 Å². The first-order chi connectivity index (χ1) is 60.6. The third-order valence-corrected chi connectivity index (χ3v) is 25.6.